The summed E-state index contributed by atoms with van der Waals surface area (Å²) in [6.07, 6.45) is 1.62. The molecular formula is C20H24N4O3. The number of H-pyrrole nitrogens is 1. The smallest absolute Gasteiger partial charge is 0.310 e. The average molecular weight is 368 g/mol. The number of piperidine rings is 1. The van der Waals surface area contributed by atoms with Gasteiger partial charge in [-0.3, -0.25) is 9.69 Å². The molecule has 27 heavy (non-hydrogen) atoms. The molecule has 0 spiro atoms. The molecule has 2 aromatic rings. The SMILES string of the molecule is CCOC(=O)[C@H]1CCCN([C@@H](C)/C(O)=C(\C#N)c2nc3ccccc3[nH]2)C1. The number of para-hydroxylation sites is 2. The van der Waals surface area contributed by atoms with Gasteiger partial charge in [-0.25, -0.2) is 4.98 Å². The van der Waals surface area contributed by atoms with E-state index in [-0.39, 0.29) is 23.2 Å². The third-order valence-corrected chi connectivity index (χ3v) is 5.01. The lowest BCUT2D eigenvalue weighted by molar-refractivity contribution is -0.150. The zero-order chi connectivity index (χ0) is 19.4. The molecule has 2 N–H and O–H groups in total. The summed E-state index contributed by atoms with van der Waals surface area (Å²) in [5, 5.41) is 20.4. The van der Waals surface area contributed by atoms with Gasteiger partial charge in [-0.2, -0.15) is 5.26 Å². The zero-order valence-electron chi connectivity index (χ0n) is 15.6. The monoisotopic (exact) mass is 368 g/mol. The average Bonchev–Trinajstić information content (AvgIpc) is 3.11. The van der Waals surface area contributed by atoms with Crippen molar-refractivity contribution < 1.29 is 14.6 Å². The molecule has 1 aliphatic heterocycles. The summed E-state index contributed by atoms with van der Waals surface area (Å²) in [5.41, 5.74) is 1.67. The fourth-order valence-electron chi connectivity index (χ4n) is 3.50. The molecule has 7 nitrogen and oxygen atoms in total. The van der Waals surface area contributed by atoms with Crippen molar-refractivity contribution in [1.29, 1.82) is 5.26 Å². The number of nitrogens with one attached hydrogen (secondary N) is 1. The molecule has 1 saturated heterocycles. The summed E-state index contributed by atoms with van der Waals surface area (Å²) >= 11 is 0. The van der Waals surface area contributed by atoms with Crippen molar-refractivity contribution in [3.05, 3.63) is 35.8 Å². The summed E-state index contributed by atoms with van der Waals surface area (Å²) in [7, 11) is 0. The first-order valence-corrected chi connectivity index (χ1v) is 9.24. The predicted octanol–water partition coefficient (Wildman–Crippen LogP) is 3.02. The Labute approximate surface area is 158 Å². The Kier molecular flexibility index (Phi) is 5.77. The van der Waals surface area contributed by atoms with E-state index in [9.17, 15) is 15.2 Å². The molecule has 0 unspecified atom stereocenters. The number of carbonyl (C=O) groups is 1. The van der Waals surface area contributed by atoms with Gasteiger partial charge in [0.15, 0.2) is 5.82 Å². The molecule has 1 aliphatic rings. The molecule has 1 aromatic carbocycles. The lowest BCUT2D eigenvalue weighted by Crippen LogP contribution is -2.44. The van der Waals surface area contributed by atoms with Crippen molar-refractivity contribution in [3.8, 4) is 6.07 Å². The third kappa shape index (κ3) is 3.96. The molecule has 1 aromatic heterocycles. The second kappa shape index (κ2) is 8.23. The van der Waals surface area contributed by atoms with E-state index < -0.39 is 6.04 Å². The maximum absolute atomic E-state index is 12.1. The Bertz CT molecular complexity index is 863. The van der Waals surface area contributed by atoms with Gasteiger partial charge in [0.2, 0.25) is 0 Å². The van der Waals surface area contributed by atoms with Gasteiger partial charge in [-0.1, -0.05) is 12.1 Å². The highest BCUT2D eigenvalue weighted by Crippen LogP contribution is 2.26. The number of aliphatic hydroxyl groups excluding tert-OH is 1. The Morgan fingerprint density at radius 1 is 1.52 bits per heavy atom. The molecule has 2 atom stereocenters. The number of aliphatic hydroxyl groups is 1. The number of allylic oxidation sites excluding steroid dienone is 1. The van der Waals surface area contributed by atoms with Crippen molar-refractivity contribution in [3.63, 3.8) is 0 Å². The number of nitrogens with zero attached hydrogens (tertiary/aromatic N) is 3. The highest BCUT2D eigenvalue weighted by Gasteiger charge is 2.31. The van der Waals surface area contributed by atoms with Gasteiger partial charge in [0.1, 0.15) is 17.4 Å². The molecule has 2 heterocycles. The number of likely N-dealkylation sites (tertiary alicyclic amines) is 1. The van der Waals surface area contributed by atoms with Crippen LogP contribution in [0.5, 0.6) is 0 Å². The number of carbonyl (C=O) groups excluding carboxylic acids is 1. The van der Waals surface area contributed by atoms with Crippen LogP contribution >= 0.6 is 0 Å². The van der Waals surface area contributed by atoms with E-state index in [1.54, 1.807) is 6.92 Å². The largest absolute Gasteiger partial charge is 0.509 e. The summed E-state index contributed by atoms with van der Waals surface area (Å²) in [6.45, 7) is 5.24. The van der Waals surface area contributed by atoms with Gasteiger partial charge in [-0.15, -0.1) is 0 Å². The number of ether oxygens (including phenoxy) is 1. The lowest BCUT2D eigenvalue weighted by Gasteiger charge is -2.35. The summed E-state index contributed by atoms with van der Waals surface area (Å²) < 4.78 is 5.13. The number of hydrogen-bond acceptors (Lipinski definition) is 6. The number of esters is 1. The second-order valence-electron chi connectivity index (χ2n) is 6.74. The predicted molar refractivity (Wildman–Crippen MR) is 102 cm³/mol. The Morgan fingerprint density at radius 2 is 2.30 bits per heavy atom. The van der Waals surface area contributed by atoms with Gasteiger partial charge < -0.3 is 14.8 Å². The molecule has 142 valence electrons. The van der Waals surface area contributed by atoms with E-state index in [1.165, 1.54) is 0 Å². The number of nitriles is 1. The molecule has 0 saturated carbocycles. The van der Waals surface area contributed by atoms with Gasteiger partial charge >= 0.3 is 5.97 Å². The Morgan fingerprint density at radius 3 is 3.00 bits per heavy atom. The molecule has 1 fully saturated rings. The minimum absolute atomic E-state index is 0.0407. The molecule has 0 radical (unpaired) electrons. The molecule has 0 aliphatic carbocycles. The van der Waals surface area contributed by atoms with Crippen LogP contribution in [0.25, 0.3) is 16.6 Å². The summed E-state index contributed by atoms with van der Waals surface area (Å²) in [6, 6.07) is 9.14. The normalized spacial score (nSPS) is 20.0. The quantitative estimate of drug-likeness (QED) is 0.478. The van der Waals surface area contributed by atoms with E-state index >= 15 is 0 Å². The fraction of sp³-hybridized carbons (Fsp3) is 0.450. The van der Waals surface area contributed by atoms with Crippen LogP contribution in [0.2, 0.25) is 0 Å². The van der Waals surface area contributed by atoms with Crippen LogP contribution in [0.1, 0.15) is 32.5 Å². The highest BCUT2D eigenvalue weighted by atomic mass is 16.5. The standard InChI is InChI=1S/C20H24N4O3/c1-3-27-20(26)14-7-6-10-24(12-14)13(2)18(25)15(11-21)19-22-16-8-4-5-9-17(16)23-19/h4-5,8-9,13-14,25H,3,6-7,10,12H2,1-2H3,(H,22,23)/b18-15-/t13-,14-/m0/s1. The Balaban J connectivity index is 1.84. The van der Waals surface area contributed by atoms with Crippen LogP contribution in [0.15, 0.2) is 30.0 Å². The molecule has 7 heteroatoms. The van der Waals surface area contributed by atoms with Gasteiger partial charge in [0.25, 0.3) is 0 Å². The zero-order valence-corrected chi connectivity index (χ0v) is 15.6. The van der Waals surface area contributed by atoms with E-state index in [2.05, 4.69) is 16.0 Å². The van der Waals surface area contributed by atoms with Gasteiger partial charge in [-0.05, 0) is 45.4 Å². The molecule has 0 bridgehead atoms. The topological polar surface area (TPSA) is 102 Å². The maximum Gasteiger partial charge on any atom is 0.310 e. The number of benzene rings is 1. The number of rotatable bonds is 5. The second-order valence-corrected chi connectivity index (χ2v) is 6.74. The van der Waals surface area contributed by atoms with Crippen LogP contribution < -0.4 is 0 Å². The lowest BCUT2D eigenvalue weighted by atomic mass is 9.96. The van der Waals surface area contributed by atoms with Crippen LogP contribution in [-0.2, 0) is 9.53 Å². The summed E-state index contributed by atoms with van der Waals surface area (Å²) in [4.78, 5) is 21.6. The molecule has 0 amide bonds. The van der Waals surface area contributed by atoms with Crippen molar-refractivity contribution in [2.45, 2.75) is 32.7 Å². The van der Waals surface area contributed by atoms with Gasteiger partial charge in [0, 0.05) is 6.54 Å². The van der Waals surface area contributed by atoms with E-state index in [4.69, 9.17) is 4.74 Å². The number of fused-ring (bicyclic) bond motifs is 1. The van der Waals surface area contributed by atoms with E-state index in [0.717, 1.165) is 30.4 Å². The van der Waals surface area contributed by atoms with Crippen molar-refractivity contribution in [2.24, 2.45) is 5.92 Å². The van der Waals surface area contributed by atoms with Crippen LogP contribution in [0, 0.1) is 17.2 Å². The first-order valence-electron chi connectivity index (χ1n) is 9.24. The Hall–Kier alpha value is -2.85. The highest BCUT2D eigenvalue weighted by molar-refractivity contribution is 5.83. The number of aromatic nitrogens is 2. The fourth-order valence-corrected chi connectivity index (χ4v) is 3.50. The molecule has 3 rings (SSSR count). The van der Waals surface area contributed by atoms with E-state index in [0.29, 0.717) is 19.0 Å². The molecular weight excluding hydrogens is 344 g/mol. The minimum Gasteiger partial charge on any atom is -0.509 e. The summed E-state index contributed by atoms with van der Waals surface area (Å²) in [5.74, 6) is -0.0931. The van der Waals surface area contributed by atoms with Gasteiger partial charge in [0.05, 0.1) is 29.6 Å². The first kappa shape index (κ1) is 18.9. The number of imidazole rings is 1. The van der Waals surface area contributed by atoms with Crippen molar-refractivity contribution in [2.75, 3.05) is 19.7 Å². The van der Waals surface area contributed by atoms with Crippen LogP contribution in [0.3, 0.4) is 0 Å². The number of hydrogen-bond donors (Lipinski definition) is 2. The van der Waals surface area contributed by atoms with Crippen molar-refractivity contribution >= 4 is 22.6 Å². The van der Waals surface area contributed by atoms with Crippen molar-refractivity contribution in [1.82, 2.24) is 14.9 Å². The minimum atomic E-state index is -0.398. The third-order valence-electron chi connectivity index (χ3n) is 5.01. The first-order chi connectivity index (χ1) is 13.0. The van der Waals surface area contributed by atoms with Crippen LogP contribution in [-0.4, -0.2) is 51.7 Å². The van der Waals surface area contributed by atoms with Crippen LogP contribution in [0.4, 0.5) is 0 Å². The maximum atomic E-state index is 12.1. The number of aromatic amines is 1. The van der Waals surface area contributed by atoms with E-state index in [1.807, 2.05) is 36.1 Å².